The van der Waals surface area contributed by atoms with Gasteiger partial charge in [0.15, 0.2) is 12.4 Å². The highest BCUT2D eigenvalue weighted by atomic mass is 79.9. The summed E-state index contributed by atoms with van der Waals surface area (Å²) in [6, 6.07) is 1.35. The third kappa shape index (κ3) is 4.51. The number of hydrogen-bond donors (Lipinski definition) is 2. The van der Waals surface area contributed by atoms with Gasteiger partial charge in [-0.15, -0.1) is 0 Å². The summed E-state index contributed by atoms with van der Waals surface area (Å²) < 4.78 is 25.2. The largest absolute Gasteiger partial charge is 0.393 e. The molecular formula is C11H17BrFN3O4. The minimum Gasteiger partial charge on any atom is -0.393 e. The summed E-state index contributed by atoms with van der Waals surface area (Å²) in [5.74, 6) is 0.0262. The smallest absolute Gasteiger partial charge is 0.351 e. The molecule has 9 heteroatoms. The fourth-order valence-electron chi connectivity index (χ4n) is 1.54. The number of nitrogens with two attached hydrogens (primary N) is 1. The van der Waals surface area contributed by atoms with Crippen molar-refractivity contribution in [1.82, 2.24) is 9.55 Å². The number of rotatable bonds is 8. The topological polar surface area (TPSA) is 99.6 Å². The molecule has 20 heavy (non-hydrogen) atoms. The van der Waals surface area contributed by atoms with Gasteiger partial charge in [-0.25, -0.2) is 9.18 Å². The highest BCUT2D eigenvalue weighted by Crippen LogP contribution is 2.18. The Morgan fingerprint density at radius 3 is 2.85 bits per heavy atom. The van der Waals surface area contributed by atoms with Crippen molar-refractivity contribution >= 4 is 21.7 Å². The van der Waals surface area contributed by atoms with Crippen LogP contribution in [0, 0.1) is 0 Å². The average Bonchev–Trinajstić information content (AvgIpc) is 2.43. The first kappa shape index (κ1) is 17.0. The van der Waals surface area contributed by atoms with Crippen LogP contribution in [0.5, 0.6) is 0 Å². The number of hydrogen-bond acceptors (Lipinski definition) is 6. The molecule has 0 saturated heterocycles. The molecule has 7 nitrogen and oxygen atoms in total. The zero-order chi connectivity index (χ0) is 15.1. The molecule has 1 aromatic heterocycles. The van der Waals surface area contributed by atoms with E-state index in [-0.39, 0.29) is 12.4 Å². The molecule has 0 amide bonds. The molecule has 0 aliphatic carbocycles. The second-order valence-corrected chi connectivity index (χ2v) is 4.65. The summed E-state index contributed by atoms with van der Waals surface area (Å²) in [5, 5.41) is 9.35. The molecule has 0 spiro atoms. The predicted molar refractivity (Wildman–Crippen MR) is 74.5 cm³/mol. The van der Waals surface area contributed by atoms with E-state index in [1.54, 1.807) is 0 Å². The van der Waals surface area contributed by atoms with Crippen LogP contribution in [0.25, 0.3) is 0 Å². The first-order valence-corrected chi connectivity index (χ1v) is 6.95. The Balaban J connectivity index is 3.02. The molecule has 1 rings (SSSR count). The van der Waals surface area contributed by atoms with E-state index >= 15 is 0 Å². The molecule has 0 fully saturated rings. The lowest BCUT2D eigenvalue weighted by atomic mass is 10.3. The van der Waals surface area contributed by atoms with Crippen LogP contribution in [0.4, 0.5) is 10.2 Å². The summed E-state index contributed by atoms with van der Waals surface area (Å²) in [6.07, 6.45) is -2.30. The highest BCUT2D eigenvalue weighted by molar-refractivity contribution is 9.09. The maximum absolute atomic E-state index is 13.8. The maximum atomic E-state index is 13.8. The molecular weight excluding hydrogens is 337 g/mol. The summed E-state index contributed by atoms with van der Waals surface area (Å²) in [4.78, 5) is 15.2. The van der Waals surface area contributed by atoms with Crippen molar-refractivity contribution in [1.29, 1.82) is 0 Å². The number of aromatic nitrogens is 2. The van der Waals surface area contributed by atoms with Crippen LogP contribution >= 0.6 is 15.9 Å². The van der Waals surface area contributed by atoms with E-state index in [0.29, 0.717) is 5.33 Å². The lowest BCUT2D eigenvalue weighted by molar-refractivity contribution is -0.115. The Hall–Kier alpha value is -1.03. The van der Waals surface area contributed by atoms with E-state index in [4.69, 9.17) is 20.3 Å². The number of methoxy groups -OCH3 is 1. The van der Waals surface area contributed by atoms with E-state index in [2.05, 4.69) is 20.9 Å². The molecule has 0 radical (unpaired) electrons. The number of ether oxygens (including phenoxy) is 2. The predicted octanol–water partition coefficient (Wildman–Crippen LogP) is 0.0810. The second kappa shape index (κ2) is 8.30. The fraction of sp³-hybridized carbons (Fsp3) is 0.636. The molecule has 1 aromatic rings. The number of anilines is 1. The van der Waals surface area contributed by atoms with Crippen LogP contribution in [0.2, 0.25) is 0 Å². The van der Waals surface area contributed by atoms with Crippen molar-refractivity contribution < 1.29 is 19.0 Å². The normalized spacial score (nSPS) is 15.8. The van der Waals surface area contributed by atoms with Crippen LogP contribution in [-0.2, 0) is 9.47 Å². The van der Waals surface area contributed by atoms with Crippen LogP contribution in [0.3, 0.4) is 0 Å². The fourth-order valence-corrected chi connectivity index (χ4v) is 1.88. The summed E-state index contributed by atoms with van der Waals surface area (Å²) >= 11 is 3.21. The Labute approximate surface area is 123 Å². The van der Waals surface area contributed by atoms with Crippen molar-refractivity contribution in [2.24, 2.45) is 0 Å². The van der Waals surface area contributed by atoms with Gasteiger partial charge >= 0.3 is 5.69 Å². The van der Waals surface area contributed by atoms with Crippen molar-refractivity contribution in [3.05, 3.63) is 22.7 Å². The minimum absolute atomic E-state index is 0.0262. The quantitative estimate of drug-likeness (QED) is 0.642. The maximum Gasteiger partial charge on any atom is 0.351 e. The van der Waals surface area contributed by atoms with E-state index in [0.717, 1.165) is 4.57 Å². The number of nitrogens with zero attached hydrogens (tertiary/aromatic N) is 2. The molecule has 3 N–H and O–H groups in total. The molecule has 1 heterocycles. The molecule has 0 aromatic carbocycles. The molecule has 0 saturated carbocycles. The highest BCUT2D eigenvalue weighted by Gasteiger charge is 2.27. The van der Waals surface area contributed by atoms with Gasteiger partial charge < -0.3 is 20.3 Å². The monoisotopic (exact) mass is 353 g/mol. The molecule has 0 aliphatic rings. The summed E-state index contributed by atoms with van der Waals surface area (Å²) in [7, 11) is 1.48. The van der Waals surface area contributed by atoms with E-state index < -0.39 is 30.8 Å². The van der Waals surface area contributed by atoms with Gasteiger partial charge in [-0.2, -0.15) is 4.98 Å². The lowest BCUT2D eigenvalue weighted by Gasteiger charge is -2.26. The van der Waals surface area contributed by atoms with E-state index in [9.17, 15) is 9.18 Å². The minimum atomic E-state index is -1.78. The standard InChI is InChI=1S/C11H17BrFN3O4/c1-19-6-7(4-12)20-10(8(13)5-17)16-3-2-9(14)15-11(16)18/h2-3,7-8,10,17H,4-6H2,1H3,(H2,14,15,18). The van der Waals surface area contributed by atoms with Crippen molar-refractivity contribution in [2.75, 3.05) is 31.4 Å². The van der Waals surface area contributed by atoms with Gasteiger partial charge in [0, 0.05) is 18.6 Å². The third-order valence-electron chi connectivity index (χ3n) is 2.47. The Bertz CT molecular complexity index is 473. The Kier molecular flexibility index (Phi) is 7.06. The summed E-state index contributed by atoms with van der Waals surface area (Å²) in [5.41, 5.74) is 4.62. The number of halogens is 2. The number of aliphatic hydroxyl groups is 1. The Morgan fingerprint density at radius 2 is 2.35 bits per heavy atom. The van der Waals surface area contributed by atoms with Gasteiger partial charge in [-0.3, -0.25) is 4.57 Å². The van der Waals surface area contributed by atoms with Crippen LogP contribution in [0.1, 0.15) is 6.23 Å². The summed E-state index contributed by atoms with van der Waals surface area (Å²) in [6.45, 7) is -0.583. The molecule has 3 unspecified atom stereocenters. The zero-order valence-electron chi connectivity index (χ0n) is 10.9. The average molecular weight is 354 g/mol. The first-order chi connectivity index (χ1) is 9.53. The number of nitrogen functional groups attached to an aromatic ring is 1. The van der Waals surface area contributed by atoms with Crippen LogP contribution in [0.15, 0.2) is 17.1 Å². The van der Waals surface area contributed by atoms with E-state index in [1.165, 1.54) is 19.4 Å². The van der Waals surface area contributed by atoms with Gasteiger partial charge in [0.25, 0.3) is 0 Å². The van der Waals surface area contributed by atoms with Gasteiger partial charge in [-0.05, 0) is 6.07 Å². The second-order valence-electron chi connectivity index (χ2n) is 4.00. The van der Waals surface area contributed by atoms with Crippen LogP contribution < -0.4 is 11.4 Å². The van der Waals surface area contributed by atoms with Crippen molar-refractivity contribution in [3.63, 3.8) is 0 Å². The number of alkyl halides is 2. The van der Waals surface area contributed by atoms with Crippen molar-refractivity contribution in [2.45, 2.75) is 18.5 Å². The third-order valence-corrected chi connectivity index (χ3v) is 3.19. The van der Waals surface area contributed by atoms with Gasteiger partial charge in [0.05, 0.1) is 19.3 Å². The molecule has 3 atom stereocenters. The zero-order valence-corrected chi connectivity index (χ0v) is 12.5. The van der Waals surface area contributed by atoms with Crippen molar-refractivity contribution in [3.8, 4) is 0 Å². The lowest BCUT2D eigenvalue weighted by Crippen LogP contribution is -2.38. The number of aliphatic hydroxyl groups excluding tert-OH is 1. The van der Waals surface area contributed by atoms with E-state index in [1.807, 2.05) is 0 Å². The SMILES string of the molecule is COCC(CBr)OC(C(F)CO)n1ccc(N)nc1=O. The van der Waals surface area contributed by atoms with Gasteiger partial charge in [0.2, 0.25) is 0 Å². The molecule has 0 bridgehead atoms. The van der Waals surface area contributed by atoms with Crippen LogP contribution in [-0.4, -0.2) is 52.6 Å². The first-order valence-electron chi connectivity index (χ1n) is 5.83. The molecule has 114 valence electrons. The van der Waals surface area contributed by atoms with Gasteiger partial charge in [-0.1, -0.05) is 15.9 Å². The Morgan fingerprint density at radius 1 is 1.65 bits per heavy atom. The molecule has 0 aliphatic heterocycles. The van der Waals surface area contributed by atoms with Gasteiger partial charge in [0.1, 0.15) is 5.82 Å².